The second kappa shape index (κ2) is 9.37. The van der Waals surface area contributed by atoms with Crippen molar-refractivity contribution in [2.75, 3.05) is 19.6 Å². The maximum absolute atomic E-state index is 11.6. The molecule has 0 radical (unpaired) electrons. The van der Waals surface area contributed by atoms with Gasteiger partial charge in [0.25, 0.3) is 0 Å². The molecule has 0 fully saturated rings. The number of carbonyl (C=O) groups is 3. The summed E-state index contributed by atoms with van der Waals surface area (Å²) in [7, 11) is 0. The summed E-state index contributed by atoms with van der Waals surface area (Å²) in [6, 6.07) is -0.771. The lowest BCUT2D eigenvalue weighted by atomic mass is 10.1. The first kappa shape index (κ1) is 16.3. The third kappa shape index (κ3) is 7.58. The number of carbonyl (C=O) groups excluding carboxylic acids is 2. The summed E-state index contributed by atoms with van der Waals surface area (Å²) in [5, 5.41) is 13.1. The minimum atomic E-state index is -1.14. The molecule has 0 heterocycles. The molecule has 7 N–H and O–H groups in total. The molecule has 0 aliphatic carbocycles. The zero-order chi connectivity index (χ0) is 14.0. The number of nitrogens with two attached hydrogens (primary N) is 2. The van der Waals surface area contributed by atoms with Gasteiger partial charge in [-0.15, -0.1) is 0 Å². The van der Waals surface area contributed by atoms with Gasteiger partial charge in [0.15, 0.2) is 0 Å². The lowest BCUT2D eigenvalue weighted by Gasteiger charge is -2.17. The van der Waals surface area contributed by atoms with Crippen LogP contribution in [-0.4, -0.2) is 48.6 Å². The Morgan fingerprint density at radius 2 is 1.83 bits per heavy atom. The molecule has 0 aromatic carbocycles. The fourth-order valence-electron chi connectivity index (χ4n) is 1.30. The lowest BCUT2D eigenvalue weighted by molar-refractivity contribution is -0.138. The number of rotatable bonds is 9. The van der Waals surface area contributed by atoms with E-state index in [1.54, 1.807) is 0 Å². The molecule has 8 heteroatoms. The monoisotopic (exact) mass is 260 g/mol. The van der Waals surface area contributed by atoms with Crippen LogP contribution in [0.3, 0.4) is 0 Å². The second-order valence-electron chi connectivity index (χ2n) is 3.72. The molecule has 0 unspecified atom stereocenters. The molecule has 8 nitrogen and oxygen atoms in total. The molecule has 1 atom stereocenters. The summed E-state index contributed by atoms with van der Waals surface area (Å²) in [6.45, 7) is -0.210. The zero-order valence-electron chi connectivity index (χ0n) is 10.1. The Morgan fingerprint density at radius 1 is 1.17 bits per heavy atom. The Hall–Kier alpha value is -1.67. The Kier molecular flexibility index (Phi) is 8.50. The summed E-state index contributed by atoms with van der Waals surface area (Å²) in [4.78, 5) is 33.1. The van der Waals surface area contributed by atoms with Crippen molar-refractivity contribution in [2.24, 2.45) is 11.5 Å². The molecule has 0 rings (SSSR count). The molecule has 18 heavy (non-hydrogen) atoms. The van der Waals surface area contributed by atoms with Crippen LogP contribution in [0.5, 0.6) is 0 Å². The summed E-state index contributed by atoms with van der Waals surface area (Å²) >= 11 is 0. The van der Waals surface area contributed by atoms with Crippen LogP contribution in [0.1, 0.15) is 19.3 Å². The topological polar surface area (TPSA) is 148 Å². The van der Waals surface area contributed by atoms with E-state index in [2.05, 4.69) is 10.6 Å². The minimum Gasteiger partial charge on any atom is -0.480 e. The van der Waals surface area contributed by atoms with Gasteiger partial charge < -0.3 is 27.2 Å². The summed E-state index contributed by atoms with van der Waals surface area (Å²) in [6.07, 6.45) is 1.78. The van der Waals surface area contributed by atoms with Crippen molar-refractivity contribution in [3.63, 3.8) is 0 Å². The van der Waals surface area contributed by atoms with Crippen LogP contribution in [0, 0.1) is 0 Å². The average Bonchev–Trinajstić information content (AvgIpc) is 2.34. The highest BCUT2D eigenvalue weighted by molar-refractivity contribution is 5.89. The summed E-state index contributed by atoms with van der Waals surface area (Å²) < 4.78 is 0. The predicted molar refractivity (Wildman–Crippen MR) is 64.5 cm³/mol. The highest BCUT2D eigenvalue weighted by Crippen LogP contribution is 2.00. The molecular weight excluding hydrogens is 240 g/mol. The maximum Gasteiger partial charge on any atom is 0.322 e. The van der Waals surface area contributed by atoms with Crippen LogP contribution in [0.25, 0.3) is 0 Å². The molecule has 0 bridgehead atoms. The molecule has 0 saturated carbocycles. The van der Waals surface area contributed by atoms with Gasteiger partial charge in [0.1, 0.15) is 12.6 Å². The minimum absolute atomic E-state index is 0.223. The van der Waals surface area contributed by atoms with Crippen LogP contribution in [0.2, 0.25) is 0 Å². The zero-order valence-corrected chi connectivity index (χ0v) is 10.1. The first-order chi connectivity index (χ1) is 8.51. The van der Waals surface area contributed by atoms with Gasteiger partial charge in [-0.25, -0.2) is 0 Å². The normalized spacial score (nSPS) is 11.7. The lowest BCUT2D eigenvalue weighted by Crippen LogP contribution is -2.49. The van der Waals surface area contributed by atoms with E-state index in [4.69, 9.17) is 16.6 Å². The van der Waals surface area contributed by atoms with Gasteiger partial charge >= 0.3 is 5.97 Å². The van der Waals surface area contributed by atoms with Gasteiger partial charge in [-0.3, -0.25) is 14.4 Å². The summed E-state index contributed by atoms with van der Waals surface area (Å²) in [5.41, 5.74) is 10.5. The van der Waals surface area contributed by atoms with Gasteiger partial charge in [0, 0.05) is 0 Å². The van der Waals surface area contributed by atoms with E-state index in [0.717, 1.165) is 6.42 Å². The molecular formula is C10H20N4O4. The number of hydrogen-bond donors (Lipinski definition) is 5. The van der Waals surface area contributed by atoms with E-state index in [1.165, 1.54) is 0 Å². The van der Waals surface area contributed by atoms with Crippen molar-refractivity contribution in [3.8, 4) is 0 Å². The van der Waals surface area contributed by atoms with Crippen molar-refractivity contribution < 1.29 is 19.5 Å². The van der Waals surface area contributed by atoms with Crippen molar-refractivity contribution in [2.45, 2.75) is 25.3 Å². The van der Waals surface area contributed by atoms with Crippen LogP contribution in [0.15, 0.2) is 0 Å². The number of carboxylic acids is 1. The number of nitrogens with one attached hydrogen (secondary N) is 2. The van der Waals surface area contributed by atoms with Crippen molar-refractivity contribution in [3.05, 3.63) is 0 Å². The third-order valence-corrected chi connectivity index (χ3v) is 2.20. The van der Waals surface area contributed by atoms with Crippen LogP contribution >= 0.6 is 0 Å². The molecule has 0 spiro atoms. The first-order valence-electron chi connectivity index (χ1n) is 5.70. The molecule has 104 valence electrons. The molecule has 2 amide bonds. The van der Waals surface area contributed by atoms with Crippen LogP contribution in [0.4, 0.5) is 0 Å². The SMILES string of the molecule is NCCCC[C@@H](NC(=O)CN)C(=O)NCC(=O)O. The smallest absolute Gasteiger partial charge is 0.322 e. The highest BCUT2D eigenvalue weighted by Gasteiger charge is 2.19. The number of aliphatic carboxylic acids is 1. The van der Waals surface area contributed by atoms with Crippen LogP contribution in [-0.2, 0) is 14.4 Å². The Morgan fingerprint density at radius 3 is 2.33 bits per heavy atom. The average molecular weight is 260 g/mol. The van der Waals surface area contributed by atoms with E-state index >= 15 is 0 Å². The highest BCUT2D eigenvalue weighted by atomic mass is 16.4. The van der Waals surface area contributed by atoms with Gasteiger partial charge in [-0.1, -0.05) is 0 Å². The van der Waals surface area contributed by atoms with Crippen molar-refractivity contribution in [1.82, 2.24) is 10.6 Å². The Bertz CT molecular complexity index is 296. The van der Waals surface area contributed by atoms with Gasteiger partial charge in [0.2, 0.25) is 11.8 Å². The van der Waals surface area contributed by atoms with E-state index in [0.29, 0.717) is 19.4 Å². The maximum atomic E-state index is 11.6. The van der Waals surface area contributed by atoms with Gasteiger partial charge in [-0.2, -0.15) is 0 Å². The third-order valence-electron chi connectivity index (χ3n) is 2.20. The van der Waals surface area contributed by atoms with E-state index < -0.39 is 30.4 Å². The number of hydrogen-bond acceptors (Lipinski definition) is 5. The molecule has 0 saturated heterocycles. The van der Waals surface area contributed by atoms with Crippen LogP contribution < -0.4 is 22.1 Å². The number of unbranched alkanes of at least 4 members (excludes halogenated alkanes) is 1. The predicted octanol–water partition coefficient (Wildman–Crippen LogP) is -2.24. The van der Waals surface area contributed by atoms with Gasteiger partial charge in [0.05, 0.1) is 6.54 Å². The second-order valence-corrected chi connectivity index (χ2v) is 3.72. The fourth-order valence-corrected chi connectivity index (χ4v) is 1.30. The first-order valence-corrected chi connectivity index (χ1v) is 5.70. The molecule has 0 aromatic heterocycles. The van der Waals surface area contributed by atoms with Gasteiger partial charge in [-0.05, 0) is 25.8 Å². The van der Waals surface area contributed by atoms with Crippen molar-refractivity contribution >= 4 is 17.8 Å². The summed E-state index contributed by atoms with van der Waals surface area (Å²) in [5.74, 6) is -2.14. The Balaban J connectivity index is 4.28. The number of amides is 2. The molecule has 0 aromatic rings. The Labute approximate surface area is 105 Å². The standard InChI is InChI=1S/C10H20N4O4/c11-4-2-1-3-7(14-8(15)5-12)10(18)13-6-9(16)17/h7H,1-6,11-12H2,(H,13,18)(H,14,15)(H,16,17)/t7-/m1/s1. The van der Waals surface area contributed by atoms with E-state index in [-0.39, 0.29) is 6.54 Å². The van der Waals surface area contributed by atoms with E-state index in [1.807, 2.05) is 0 Å². The molecule has 0 aliphatic rings. The fraction of sp³-hybridized carbons (Fsp3) is 0.700. The van der Waals surface area contributed by atoms with Crippen molar-refractivity contribution in [1.29, 1.82) is 0 Å². The largest absolute Gasteiger partial charge is 0.480 e. The number of carboxylic acid groups (broad SMARTS) is 1. The molecule has 0 aliphatic heterocycles. The quantitative estimate of drug-likeness (QED) is 0.296. The van der Waals surface area contributed by atoms with E-state index in [9.17, 15) is 14.4 Å².